The van der Waals surface area contributed by atoms with Crippen molar-refractivity contribution in [3.05, 3.63) is 140 Å². The molecule has 0 saturated carbocycles. The molecule has 0 spiro atoms. The number of benzene rings is 5. The fraction of sp³-hybridized carbons (Fsp3) is 0.0625. The Bertz CT molecular complexity index is 1400. The van der Waals surface area contributed by atoms with E-state index in [4.69, 9.17) is 0 Å². The van der Waals surface area contributed by atoms with Crippen LogP contribution in [0.2, 0.25) is 0 Å². The maximum Gasteiger partial charge on any atom is 0.123 e. The number of hydrogen-bond acceptors (Lipinski definition) is 2. The number of halogens is 2. The lowest BCUT2D eigenvalue weighted by Crippen LogP contribution is -1.98. The van der Waals surface area contributed by atoms with Crippen LogP contribution >= 0.6 is 31.9 Å². The van der Waals surface area contributed by atoms with Crippen molar-refractivity contribution in [3.63, 3.8) is 0 Å². The van der Waals surface area contributed by atoms with Crippen molar-refractivity contribution in [2.75, 3.05) is 0 Å². The SMILES string of the molecule is Oc1cccc(Cc2cc(Br)c(Cc3cccc(O)c3-c3ccccc3)cc2Br)c1-c1ccccc1. The number of aromatic hydroxyl groups is 2. The molecule has 0 saturated heterocycles. The van der Waals surface area contributed by atoms with Gasteiger partial charge in [0.1, 0.15) is 11.5 Å². The molecule has 5 rings (SSSR count). The van der Waals surface area contributed by atoms with Crippen molar-refractivity contribution in [2.45, 2.75) is 12.8 Å². The van der Waals surface area contributed by atoms with E-state index in [9.17, 15) is 10.2 Å². The summed E-state index contributed by atoms with van der Waals surface area (Å²) in [6.45, 7) is 0. The molecule has 5 aromatic carbocycles. The van der Waals surface area contributed by atoms with E-state index in [1.54, 1.807) is 12.1 Å². The van der Waals surface area contributed by atoms with Crippen LogP contribution in [0, 0.1) is 0 Å². The predicted octanol–water partition coefficient (Wildman–Crippen LogP) is 9.14. The predicted molar refractivity (Wildman–Crippen MR) is 155 cm³/mol. The Morgan fingerprint density at radius 1 is 0.444 bits per heavy atom. The molecule has 0 aromatic heterocycles. The Kier molecular flexibility index (Phi) is 7.26. The summed E-state index contributed by atoms with van der Waals surface area (Å²) in [5, 5.41) is 21.3. The first-order chi connectivity index (χ1) is 17.5. The molecule has 0 unspecified atom stereocenters. The number of phenols is 2. The highest BCUT2D eigenvalue weighted by molar-refractivity contribution is 9.11. The molecule has 0 radical (unpaired) electrons. The maximum absolute atomic E-state index is 10.7. The van der Waals surface area contributed by atoms with Gasteiger partial charge >= 0.3 is 0 Å². The van der Waals surface area contributed by atoms with Gasteiger partial charge in [0.25, 0.3) is 0 Å². The summed E-state index contributed by atoms with van der Waals surface area (Å²) >= 11 is 7.59. The van der Waals surface area contributed by atoms with E-state index in [0.717, 1.165) is 53.5 Å². The summed E-state index contributed by atoms with van der Waals surface area (Å²) in [5.41, 5.74) is 8.06. The Morgan fingerprint density at radius 3 is 1.22 bits per heavy atom. The number of phenolic OH excluding ortho intramolecular Hbond substituents is 2. The minimum Gasteiger partial charge on any atom is -0.507 e. The summed E-state index contributed by atoms with van der Waals surface area (Å²) in [5.74, 6) is 0.561. The molecule has 0 atom stereocenters. The lowest BCUT2D eigenvalue weighted by molar-refractivity contribution is 0.476. The average Bonchev–Trinajstić information content (AvgIpc) is 2.88. The first-order valence-electron chi connectivity index (χ1n) is 11.7. The molecule has 0 fully saturated rings. The summed E-state index contributed by atoms with van der Waals surface area (Å²) in [6.07, 6.45) is 1.33. The highest BCUT2D eigenvalue weighted by atomic mass is 79.9. The van der Waals surface area contributed by atoms with Crippen LogP contribution in [-0.2, 0) is 12.8 Å². The smallest absolute Gasteiger partial charge is 0.123 e. The van der Waals surface area contributed by atoms with Gasteiger partial charge in [-0.1, -0.05) is 117 Å². The van der Waals surface area contributed by atoms with E-state index in [0.29, 0.717) is 12.8 Å². The van der Waals surface area contributed by atoms with Gasteiger partial charge in [-0.15, -0.1) is 0 Å². The molecule has 5 aromatic rings. The molecular weight excluding hydrogens is 576 g/mol. The molecule has 0 heterocycles. The maximum atomic E-state index is 10.7. The van der Waals surface area contributed by atoms with Crippen molar-refractivity contribution >= 4 is 31.9 Å². The van der Waals surface area contributed by atoms with E-state index in [1.165, 1.54) is 0 Å². The fourth-order valence-electron chi connectivity index (χ4n) is 4.65. The van der Waals surface area contributed by atoms with Crippen LogP contribution in [0.4, 0.5) is 0 Å². The second kappa shape index (κ2) is 10.7. The monoisotopic (exact) mass is 598 g/mol. The van der Waals surface area contributed by atoms with Gasteiger partial charge in [0.05, 0.1) is 0 Å². The minimum absolute atomic E-state index is 0.280. The molecule has 2 nitrogen and oxygen atoms in total. The minimum atomic E-state index is 0.280. The van der Waals surface area contributed by atoms with Crippen LogP contribution in [-0.4, -0.2) is 10.2 Å². The normalized spacial score (nSPS) is 10.9. The van der Waals surface area contributed by atoms with E-state index >= 15 is 0 Å². The van der Waals surface area contributed by atoms with Gasteiger partial charge in [0.2, 0.25) is 0 Å². The topological polar surface area (TPSA) is 40.5 Å². The molecule has 0 bridgehead atoms. The van der Waals surface area contributed by atoms with Crippen LogP contribution in [0.25, 0.3) is 22.3 Å². The second-order valence-electron chi connectivity index (χ2n) is 8.74. The molecule has 0 aliphatic heterocycles. The molecule has 36 heavy (non-hydrogen) atoms. The van der Waals surface area contributed by atoms with E-state index in [2.05, 4.69) is 56.1 Å². The quantitative estimate of drug-likeness (QED) is 0.204. The second-order valence-corrected chi connectivity index (χ2v) is 10.5. The summed E-state index contributed by atoms with van der Waals surface area (Å²) in [7, 11) is 0. The van der Waals surface area contributed by atoms with Gasteiger partial charge in [-0.3, -0.25) is 0 Å². The van der Waals surface area contributed by atoms with Crippen molar-refractivity contribution in [3.8, 4) is 33.8 Å². The third kappa shape index (κ3) is 5.11. The zero-order chi connectivity index (χ0) is 25.1. The summed E-state index contributed by atoms with van der Waals surface area (Å²) in [4.78, 5) is 0. The molecule has 2 N–H and O–H groups in total. The third-order valence-electron chi connectivity index (χ3n) is 6.36. The first-order valence-corrected chi connectivity index (χ1v) is 13.3. The van der Waals surface area contributed by atoms with Gasteiger partial charge in [0.15, 0.2) is 0 Å². The lowest BCUT2D eigenvalue weighted by atomic mass is 9.92. The van der Waals surface area contributed by atoms with E-state index < -0.39 is 0 Å². The Balaban J connectivity index is 1.49. The zero-order valence-electron chi connectivity index (χ0n) is 19.5. The Morgan fingerprint density at radius 2 is 0.833 bits per heavy atom. The van der Waals surface area contributed by atoms with E-state index in [-0.39, 0.29) is 11.5 Å². The van der Waals surface area contributed by atoms with Gasteiger partial charge in [0, 0.05) is 20.1 Å². The van der Waals surface area contributed by atoms with Crippen molar-refractivity contribution in [1.82, 2.24) is 0 Å². The Hall–Kier alpha value is -3.34. The molecule has 4 heteroatoms. The largest absolute Gasteiger partial charge is 0.507 e. The number of rotatable bonds is 6. The summed E-state index contributed by atoms with van der Waals surface area (Å²) in [6, 6.07) is 35.6. The zero-order valence-corrected chi connectivity index (χ0v) is 22.6. The third-order valence-corrected chi connectivity index (χ3v) is 7.84. The van der Waals surface area contributed by atoms with Gasteiger partial charge < -0.3 is 10.2 Å². The standard InChI is InChI=1S/C32H24Br2O2/c33-27-20-26(18-24-14-8-16-30(36)32(24)22-11-5-2-6-12-22)28(34)19-25(27)17-23-13-7-15-29(35)31(23)21-9-3-1-4-10-21/h1-16,19-20,35-36H,17-18H2. The molecule has 0 aliphatic carbocycles. The average molecular weight is 600 g/mol. The molecular formula is C32H24Br2O2. The van der Waals surface area contributed by atoms with Crippen LogP contribution in [0.1, 0.15) is 22.3 Å². The van der Waals surface area contributed by atoms with Gasteiger partial charge in [-0.25, -0.2) is 0 Å². The van der Waals surface area contributed by atoms with Gasteiger partial charge in [-0.05, 0) is 70.5 Å². The molecule has 0 aliphatic rings. The van der Waals surface area contributed by atoms with Crippen molar-refractivity contribution < 1.29 is 10.2 Å². The molecule has 178 valence electrons. The van der Waals surface area contributed by atoms with Crippen LogP contribution in [0.3, 0.4) is 0 Å². The van der Waals surface area contributed by atoms with Crippen LogP contribution < -0.4 is 0 Å². The Labute approximate surface area is 228 Å². The van der Waals surface area contributed by atoms with E-state index in [1.807, 2.05) is 72.8 Å². The van der Waals surface area contributed by atoms with Crippen LogP contribution in [0.15, 0.2) is 118 Å². The van der Waals surface area contributed by atoms with Crippen LogP contribution in [0.5, 0.6) is 11.5 Å². The van der Waals surface area contributed by atoms with Gasteiger partial charge in [-0.2, -0.15) is 0 Å². The highest BCUT2D eigenvalue weighted by Crippen LogP contribution is 2.38. The summed E-state index contributed by atoms with van der Waals surface area (Å²) < 4.78 is 2.01. The van der Waals surface area contributed by atoms with Crippen molar-refractivity contribution in [2.24, 2.45) is 0 Å². The first kappa shape index (κ1) is 24.4. The fourth-order valence-corrected chi connectivity index (χ4v) is 5.72. The van der Waals surface area contributed by atoms with Crippen molar-refractivity contribution in [1.29, 1.82) is 0 Å². The molecule has 0 amide bonds. The number of hydrogen-bond donors (Lipinski definition) is 2. The highest BCUT2D eigenvalue weighted by Gasteiger charge is 2.16. The lowest BCUT2D eigenvalue weighted by Gasteiger charge is -2.16.